The summed E-state index contributed by atoms with van der Waals surface area (Å²) in [4.78, 5) is 12.4. The molecule has 29 heavy (non-hydrogen) atoms. The molecule has 0 atom stereocenters. The van der Waals surface area contributed by atoms with Gasteiger partial charge < -0.3 is 19.0 Å². The first-order valence-electron chi connectivity index (χ1n) is 8.87. The molecule has 1 aromatic heterocycles. The van der Waals surface area contributed by atoms with Crippen molar-refractivity contribution in [2.45, 2.75) is 6.61 Å². The molecule has 1 N–H and O–H groups in total. The van der Waals surface area contributed by atoms with Crippen LogP contribution in [0.15, 0.2) is 75.9 Å². The zero-order valence-electron chi connectivity index (χ0n) is 15.5. The molecule has 0 aliphatic rings. The van der Waals surface area contributed by atoms with Crippen molar-refractivity contribution in [2.75, 3.05) is 7.11 Å². The average Bonchev–Trinajstić information content (AvgIpc) is 2.76. The van der Waals surface area contributed by atoms with E-state index in [1.54, 1.807) is 54.6 Å². The summed E-state index contributed by atoms with van der Waals surface area (Å²) in [6.45, 7) is 0.228. The molecule has 0 fully saturated rings. The van der Waals surface area contributed by atoms with E-state index in [2.05, 4.69) is 0 Å². The van der Waals surface area contributed by atoms with Crippen LogP contribution in [0, 0.1) is 5.82 Å². The van der Waals surface area contributed by atoms with E-state index in [0.717, 1.165) is 5.56 Å². The molecule has 0 radical (unpaired) electrons. The van der Waals surface area contributed by atoms with Crippen LogP contribution in [0.2, 0.25) is 0 Å². The van der Waals surface area contributed by atoms with Gasteiger partial charge in [-0.1, -0.05) is 24.3 Å². The molecule has 3 aromatic carbocycles. The van der Waals surface area contributed by atoms with Gasteiger partial charge in [-0.15, -0.1) is 0 Å². The predicted molar refractivity (Wildman–Crippen MR) is 107 cm³/mol. The molecule has 0 aliphatic carbocycles. The highest BCUT2D eigenvalue weighted by molar-refractivity contribution is 5.82. The number of ether oxygens (including phenoxy) is 2. The van der Waals surface area contributed by atoms with E-state index < -0.39 is 11.2 Å². The van der Waals surface area contributed by atoms with Crippen molar-refractivity contribution in [2.24, 2.45) is 0 Å². The molecule has 0 unspecified atom stereocenters. The average molecular weight is 392 g/mol. The van der Waals surface area contributed by atoms with Crippen molar-refractivity contribution in [3.05, 3.63) is 88.3 Å². The molecule has 5 nitrogen and oxygen atoms in total. The minimum absolute atomic E-state index is 0.0529. The fraction of sp³-hybridized carbons (Fsp3) is 0.0870. The van der Waals surface area contributed by atoms with Crippen molar-refractivity contribution < 1.29 is 23.4 Å². The topological polar surface area (TPSA) is 68.9 Å². The van der Waals surface area contributed by atoms with Crippen LogP contribution >= 0.6 is 0 Å². The lowest BCUT2D eigenvalue weighted by Crippen LogP contribution is -2.02. The molecule has 0 saturated heterocycles. The zero-order chi connectivity index (χ0) is 20.4. The monoisotopic (exact) mass is 392 g/mol. The van der Waals surface area contributed by atoms with E-state index in [4.69, 9.17) is 13.9 Å². The van der Waals surface area contributed by atoms with Crippen LogP contribution < -0.4 is 14.9 Å². The molecule has 0 amide bonds. The van der Waals surface area contributed by atoms with Crippen LogP contribution in [0.4, 0.5) is 4.39 Å². The number of aromatic hydroxyl groups is 1. The Balaban J connectivity index is 1.68. The number of para-hydroxylation sites is 1. The van der Waals surface area contributed by atoms with E-state index in [9.17, 15) is 14.3 Å². The summed E-state index contributed by atoms with van der Waals surface area (Å²) in [5.41, 5.74) is 1.14. The Morgan fingerprint density at radius 3 is 2.52 bits per heavy atom. The second-order valence-corrected chi connectivity index (χ2v) is 6.39. The maximum Gasteiger partial charge on any atom is 0.235 e. The molecule has 0 bridgehead atoms. The summed E-state index contributed by atoms with van der Waals surface area (Å²) < 4.78 is 29.9. The number of hydrogen-bond donors (Lipinski definition) is 1. The molecule has 0 saturated carbocycles. The van der Waals surface area contributed by atoms with E-state index >= 15 is 0 Å². The summed E-state index contributed by atoms with van der Waals surface area (Å²) in [6, 6.07) is 17.7. The van der Waals surface area contributed by atoms with Gasteiger partial charge in [-0.3, -0.25) is 4.79 Å². The fourth-order valence-electron chi connectivity index (χ4n) is 3.00. The van der Waals surface area contributed by atoms with Gasteiger partial charge in [-0.25, -0.2) is 4.39 Å². The Bertz CT molecular complexity index is 1230. The van der Waals surface area contributed by atoms with Gasteiger partial charge in [0, 0.05) is 5.56 Å². The van der Waals surface area contributed by atoms with E-state index in [1.807, 2.05) is 0 Å². The SMILES string of the molecule is COc1cc(-c2oc3ccccc3c(=O)c2O)ccc1OCc1ccc(F)cc1. The molecule has 1 heterocycles. The summed E-state index contributed by atoms with van der Waals surface area (Å²) in [5.74, 6) is 0.137. The van der Waals surface area contributed by atoms with Crippen LogP contribution in [0.1, 0.15) is 5.56 Å². The van der Waals surface area contributed by atoms with Crippen molar-refractivity contribution in [1.29, 1.82) is 0 Å². The maximum atomic E-state index is 13.0. The van der Waals surface area contributed by atoms with Gasteiger partial charge in [-0.2, -0.15) is 0 Å². The van der Waals surface area contributed by atoms with Gasteiger partial charge in [0.2, 0.25) is 11.2 Å². The Kier molecular flexibility index (Phi) is 4.91. The predicted octanol–water partition coefficient (Wildman–Crippen LogP) is 4.89. The smallest absolute Gasteiger partial charge is 0.235 e. The molecule has 4 rings (SSSR count). The molecular formula is C23H17FO5. The summed E-state index contributed by atoms with van der Waals surface area (Å²) in [6.07, 6.45) is 0. The third-order valence-corrected chi connectivity index (χ3v) is 4.51. The summed E-state index contributed by atoms with van der Waals surface area (Å²) in [7, 11) is 1.49. The lowest BCUT2D eigenvalue weighted by molar-refractivity contribution is 0.284. The van der Waals surface area contributed by atoms with Gasteiger partial charge in [0.1, 0.15) is 18.0 Å². The third kappa shape index (κ3) is 3.65. The number of fused-ring (bicyclic) bond motifs is 1. The van der Waals surface area contributed by atoms with Crippen LogP contribution in [0.5, 0.6) is 17.2 Å². The van der Waals surface area contributed by atoms with Crippen LogP contribution in [-0.2, 0) is 6.61 Å². The number of benzene rings is 3. The van der Waals surface area contributed by atoms with E-state index in [-0.39, 0.29) is 18.2 Å². The normalized spacial score (nSPS) is 10.8. The van der Waals surface area contributed by atoms with Gasteiger partial charge >= 0.3 is 0 Å². The Morgan fingerprint density at radius 2 is 1.76 bits per heavy atom. The number of rotatable bonds is 5. The van der Waals surface area contributed by atoms with E-state index in [0.29, 0.717) is 28.0 Å². The summed E-state index contributed by atoms with van der Waals surface area (Å²) in [5, 5.41) is 10.7. The van der Waals surface area contributed by atoms with Crippen LogP contribution in [-0.4, -0.2) is 12.2 Å². The van der Waals surface area contributed by atoms with Crippen molar-refractivity contribution >= 4 is 11.0 Å². The Morgan fingerprint density at radius 1 is 1.00 bits per heavy atom. The highest BCUT2D eigenvalue weighted by Crippen LogP contribution is 2.36. The molecule has 6 heteroatoms. The molecule has 146 valence electrons. The molecule has 0 spiro atoms. The van der Waals surface area contributed by atoms with Gasteiger partial charge in [0.05, 0.1) is 12.5 Å². The highest BCUT2D eigenvalue weighted by Gasteiger charge is 2.17. The van der Waals surface area contributed by atoms with Crippen molar-refractivity contribution in [3.8, 4) is 28.6 Å². The Hall–Kier alpha value is -3.80. The van der Waals surface area contributed by atoms with Crippen LogP contribution in [0.3, 0.4) is 0 Å². The number of halogens is 1. The maximum absolute atomic E-state index is 13.0. The van der Waals surface area contributed by atoms with Gasteiger partial charge in [0.25, 0.3) is 0 Å². The summed E-state index contributed by atoms with van der Waals surface area (Å²) >= 11 is 0. The second-order valence-electron chi connectivity index (χ2n) is 6.39. The van der Waals surface area contributed by atoms with Crippen LogP contribution in [0.25, 0.3) is 22.3 Å². The fourth-order valence-corrected chi connectivity index (χ4v) is 3.00. The first kappa shape index (κ1) is 18.6. The van der Waals surface area contributed by atoms with Crippen molar-refractivity contribution in [1.82, 2.24) is 0 Å². The first-order chi connectivity index (χ1) is 14.1. The van der Waals surface area contributed by atoms with E-state index in [1.165, 1.54) is 19.2 Å². The van der Waals surface area contributed by atoms with Gasteiger partial charge in [0.15, 0.2) is 17.3 Å². The molecule has 4 aromatic rings. The standard InChI is InChI=1S/C23H17FO5/c1-27-20-12-15(8-11-19(20)28-13-14-6-9-16(24)10-7-14)23-22(26)21(25)17-4-2-3-5-18(17)29-23/h2-12,26H,13H2,1H3. The number of methoxy groups -OCH3 is 1. The minimum atomic E-state index is -0.502. The zero-order valence-corrected chi connectivity index (χ0v) is 15.5. The lowest BCUT2D eigenvalue weighted by atomic mass is 10.1. The third-order valence-electron chi connectivity index (χ3n) is 4.51. The Labute approximate surface area is 165 Å². The van der Waals surface area contributed by atoms with Gasteiger partial charge in [-0.05, 0) is 48.0 Å². The molecule has 0 aliphatic heterocycles. The molecular weight excluding hydrogens is 375 g/mol. The lowest BCUT2D eigenvalue weighted by Gasteiger charge is -2.13. The minimum Gasteiger partial charge on any atom is -0.502 e. The second kappa shape index (κ2) is 7.67. The highest BCUT2D eigenvalue weighted by atomic mass is 19.1. The quantitative estimate of drug-likeness (QED) is 0.524. The first-order valence-corrected chi connectivity index (χ1v) is 8.87. The van der Waals surface area contributed by atoms with Crippen molar-refractivity contribution in [3.63, 3.8) is 0 Å². The number of hydrogen-bond acceptors (Lipinski definition) is 5. The largest absolute Gasteiger partial charge is 0.502 e.